The molecule has 11 heteroatoms. The molecule has 17 atom stereocenters. The minimum absolute atomic E-state index is 0.0331. The van der Waals surface area contributed by atoms with Crippen molar-refractivity contribution in [1.82, 2.24) is 0 Å². The quantitative estimate of drug-likeness (QED) is 0.160. The molecule has 268 valence electrons. The number of ether oxygens (including phenoxy) is 2. The zero-order valence-electron chi connectivity index (χ0n) is 28.8. The first kappa shape index (κ1) is 35.7. The van der Waals surface area contributed by atoms with Gasteiger partial charge in [0.1, 0.15) is 24.4 Å². The summed E-state index contributed by atoms with van der Waals surface area (Å²) in [4.78, 5) is 14.5. The summed E-state index contributed by atoms with van der Waals surface area (Å²) in [6.07, 6.45) is -2.52. The Bertz CT molecular complexity index is 1270. The topological polar surface area (TPSA) is 197 Å². The van der Waals surface area contributed by atoms with E-state index in [-0.39, 0.29) is 35.7 Å². The fourth-order valence-corrected chi connectivity index (χ4v) is 12.3. The standard InChI is InChI=1S/C36H58O11/c1-18-20(39)15-36(30(44)47-29-27(43)26(42)25(41)21(16-37)46-29)14-13-33(4)19(28(36)35(18,6)45)7-8-23-31(2)11-10-24(40)32(3,17-38)22(31)9-12-34(23,33)5/h7,18,20-29,37-43,45H,8-17H2,1-6H3/t18-,20+,21-,22-,23-,24+,25-,26+,27-,28-,29+,31+,32+,33-,34-,35-,36-/m1/s1. The predicted molar refractivity (Wildman–Crippen MR) is 169 cm³/mol. The maximum atomic E-state index is 14.5. The molecule has 0 aromatic rings. The maximum absolute atomic E-state index is 14.5. The Balaban J connectivity index is 1.41. The van der Waals surface area contributed by atoms with E-state index < -0.39 is 89.2 Å². The molecule has 1 aliphatic heterocycles. The van der Waals surface area contributed by atoms with Gasteiger partial charge in [-0.3, -0.25) is 4.79 Å². The van der Waals surface area contributed by atoms with Crippen molar-refractivity contribution >= 4 is 5.97 Å². The van der Waals surface area contributed by atoms with Crippen molar-refractivity contribution in [2.45, 2.75) is 141 Å². The van der Waals surface area contributed by atoms with Gasteiger partial charge >= 0.3 is 5.97 Å². The van der Waals surface area contributed by atoms with E-state index in [0.29, 0.717) is 25.7 Å². The lowest BCUT2D eigenvalue weighted by molar-refractivity contribution is -0.300. The van der Waals surface area contributed by atoms with E-state index in [1.54, 1.807) is 13.8 Å². The van der Waals surface area contributed by atoms with Crippen LogP contribution in [0.4, 0.5) is 0 Å². The predicted octanol–water partition coefficient (Wildman–Crippen LogP) is 1.41. The van der Waals surface area contributed by atoms with Crippen LogP contribution in [0.15, 0.2) is 11.6 Å². The zero-order chi connectivity index (χ0) is 34.7. The number of allylic oxidation sites excluding steroid dienone is 1. The number of hydrogen-bond donors (Lipinski definition) is 8. The highest BCUT2D eigenvalue weighted by Crippen LogP contribution is 2.76. The first-order chi connectivity index (χ1) is 21.8. The number of carbonyl (C=O) groups excluding carboxylic acids is 1. The molecule has 0 aromatic carbocycles. The number of carbonyl (C=O) groups is 1. The number of aliphatic hydroxyl groups excluding tert-OH is 7. The molecule has 1 heterocycles. The molecule has 0 amide bonds. The molecule has 0 spiro atoms. The Hall–Kier alpha value is -1.15. The Morgan fingerprint density at radius 1 is 0.915 bits per heavy atom. The van der Waals surface area contributed by atoms with Gasteiger partial charge in [-0.05, 0) is 86.4 Å². The Kier molecular flexibility index (Phi) is 8.68. The van der Waals surface area contributed by atoms with E-state index in [4.69, 9.17) is 9.47 Å². The molecule has 0 aromatic heterocycles. The third kappa shape index (κ3) is 4.60. The number of hydrogen-bond acceptors (Lipinski definition) is 11. The molecule has 6 aliphatic rings. The Morgan fingerprint density at radius 2 is 1.60 bits per heavy atom. The number of esters is 1. The van der Waals surface area contributed by atoms with Crippen molar-refractivity contribution in [2.24, 2.45) is 50.7 Å². The third-order valence-corrected chi connectivity index (χ3v) is 15.7. The first-order valence-corrected chi connectivity index (χ1v) is 17.7. The summed E-state index contributed by atoms with van der Waals surface area (Å²) in [5.74, 6) is -1.66. The lowest BCUT2D eigenvalue weighted by atomic mass is 9.33. The largest absolute Gasteiger partial charge is 0.432 e. The second-order valence-corrected chi connectivity index (χ2v) is 17.5. The highest BCUT2D eigenvalue weighted by molar-refractivity contribution is 5.79. The second-order valence-electron chi connectivity index (χ2n) is 17.5. The van der Waals surface area contributed by atoms with Crippen LogP contribution in [0.1, 0.15) is 92.9 Å². The van der Waals surface area contributed by atoms with Crippen LogP contribution < -0.4 is 0 Å². The SMILES string of the molecule is C[C@@H]1[C@@H](O)C[C@]2(C(=O)O[C@@H]3O[C@H](CO)[C@@H](O)[C@H](O)[C@H]3O)CC[C@]3(C)C(=CC[C@@H]4[C@@]5(C)CC[C@H](O)[C@@](C)(CO)[C@@H]5CC[C@]43C)[C@@H]2[C@]1(C)O. The molecule has 0 radical (unpaired) electrons. The number of fused-ring (bicyclic) bond motifs is 7. The van der Waals surface area contributed by atoms with Crippen molar-refractivity contribution in [3.05, 3.63) is 11.6 Å². The van der Waals surface area contributed by atoms with Crippen LogP contribution in [0, 0.1) is 50.7 Å². The average molecular weight is 667 g/mol. The number of rotatable bonds is 4. The molecular weight excluding hydrogens is 608 g/mol. The van der Waals surface area contributed by atoms with Crippen LogP contribution in [-0.2, 0) is 14.3 Å². The number of aliphatic hydroxyl groups is 8. The van der Waals surface area contributed by atoms with E-state index >= 15 is 0 Å². The van der Waals surface area contributed by atoms with Crippen molar-refractivity contribution < 1.29 is 55.1 Å². The lowest BCUT2D eigenvalue weighted by Gasteiger charge is -2.72. The van der Waals surface area contributed by atoms with Crippen LogP contribution in [0.5, 0.6) is 0 Å². The van der Waals surface area contributed by atoms with E-state index in [9.17, 15) is 45.6 Å². The smallest absolute Gasteiger partial charge is 0.315 e. The van der Waals surface area contributed by atoms with E-state index in [1.807, 2.05) is 6.92 Å². The molecule has 47 heavy (non-hydrogen) atoms. The van der Waals surface area contributed by atoms with Crippen molar-refractivity contribution in [1.29, 1.82) is 0 Å². The summed E-state index contributed by atoms with van der Waals surface area (Å²) in [5.41, 5.74) is -3.25. The molecule has 6 rings (SSSR count). The fraction of sp³-hybridized carbons (Fsp3) is 0.917. The highest BCUT2D eigenvalue weighted by atomic mass is 16.7. The van der Waals surface area contributed by atoms with Gasteiger partial charge in [-0.15, -0.1) is 0 Å². The van der Waals surface area contributed by atoms with Crippen LogP contribution in [0.25, 0.3) is 0 Å². The summed E-state index contributed by atoms with van der Waals surface area (Å²) in [6, 6.07) is 0. The van der Waals surface area contributed by atoms with Gasteiger partial charge in [0.25, 0.3) is 0 Å². The van der Waals surface area contributed by atoms with Crippen LogP contribution in [0.3, 0.4) is 0 Å². The van der Waals surface area contributed by atoms with Gasteiger partial charge in [-0.1, -0.05) is 46.3 Å². The Morgan fingerprint density at radius 3 is 2.23 bits per heavy atom. The summed E-state index contributed by atoms with van der Waals surface area (Å²) in [6.45, 7) is 11.7. The van der Waals surface area contributed by atoms with E-state index in [2.05, 4.69) is 26.8 Å². The van der Waals surface area contributed by atoms with Gasteiger partial charge in [-0.25, -0.2) is 0 Å². The van der Waals surface area contributed by atoms with Gasteiger partial charge < -0.3 is 50.3 Å². The molecule has 5 aliphatic carbocycles. The monoisotopic (exact) mass is 666 g/mol. The minimum Gasteiger partial charge on any atom is -0.432 e. The maximum Gasteiger partial charge on any atom is 0.315 e. The van der Waals surface area contributed by atoms with Crippen LogP contribution in [0.2, 0.25) is 0 Å². The normalized spacial score (nSPS) is 57.5. The average Bonchev–Trinajstić information content (AvgIpc) is 3.02. The van der Waals surface area contributed by atoms with Gasteiger partial charge in [0, 0.05) is 17.3 Å². The third-order valence-electron chi connectivity index (χ3n) is 15.7. The Labute approximate surface area is 278 Å². The van der Waals surface area contributed by atoms with E-state index in [1.165, 1.54) is 0 Å². The van der Waals surface area contributed by atoms with Gasteiger partial charge in [-0.2, -0.15) is 0 Å². The summed E-state index contributed by atoms with van der Waals surface area (Å²) < 4.78 is 11.4. The fourth-order valence-electron chi connectivity index (χ4n) is 12.3. The van der Waals surface area contributed by atoms with Crippen LogP contribution in [-0.4, -0.2) is 109 Å². The molecule has 5 fully saturated rings. The second kappa shape index (κ2) is 11.4. The van der Waals surface area contributed by atoms with Crippen molar-refractivity contribution in [3.8, 4) is 0 Å². The van der Waals surface area contributed by atoms with Gasteiger partial charge in [0.15, 0.2) is 0 Å². The lowest BCUT2D eigenvalue weighted by Crippen LogP contribution is -2.70. The molecule has 11 nitrogen and oxygen atoms in total. The van der Waals surface area contributed by atoms with Gasteiger partial charge in [0.2, 0.25) is 6.29 Å². The molecule has 0 bridgehead atoms. The molecular formula is C36H58O11. The van der Waals surface area contributed by atoms with Crippen molar-refractivity contribution in [3.63, 3.8) is 0 Å². The van der Waals surface area contributed by atoms with Gasteiger partial charge in [0.05, 0.1) is 36.4 Å². The summed E-state index contributed by atoms with van der Waals surface area (Å²) in [5, 5.41) is 86.4. The highest BCUT2D eigenvalue weighted by Gasteiger charge is 2.73. The zero-order valence-corrected chi connectivity index (χ0v) is 28.8. The van der Waals surface area contributed by atoms with E-state index in [0.717, 1.165) is 24.8 Å². The van der Waals surface area contributed by atoms with Crippen LogP contribution >= 0.6 is 0 Å². The minimum atomic E-state index is -1.77. The molecule has 4 saturated carbocycles. The molecule has 8 N–H and O–H groups in total. The summed E-state index contributed by atoms with van der Waals surface area (Å²) in [7, 11) is 0. The first-order valence-electron chi connectivity index (χ1n) is 17.7. The van der Waals surface area contributed by atoms with Crippen molar-refractivity contribution in [2.75, 3.05) is 13.2 Å². The molecule has 1 saturated heterocycles. The summed E-state index contributed by atoms with van der Waals surface area (Å²) >= 11 is 0. The molecule has 0 unspecified atom stereocenters.